The molecule has 0 bridgehead atoms. The van der Waals surface area contributed by atoms with E-state index < -0.39 is 6.10 Å². The van der Waals surface area contributed by atoms with Crippen LogP contribution in [0.3, 0.4) is 0 Å². The van der Waals surface area contributed by atoms with E-state index in [-0.39, 0.29) is 11.8 Å². The summed E-state index contributed by atoms with van der Waals surface area (Å²) in [5.74, 6) is 0.523. The van der Waals surface area contributed by atoms with Crippen LogP contribution in [0.15, 0.2) is 60.7 Å². The lowest BCUT2D eigenvalue weighted by molar-refractivity contribution is -0.122. The standard InChI is InChI=1S/C23H25N3O4/c1-15-9-10-16(2)26(15)25-23(28)18-11-13-19(14-12-18)30-17(3)22(27)24-20-7-5-6-8-21(20)29-4/h5-14,17H,1-4H3,(H,24,27)(H,25,28)/t17-/m0/s1. The fourth-order valence-corrected chi connectivity index (χ4v) is 2.94. The number of carbonyl (C=O) groups is 2. The van der Waals surface area contributed by atoms with Crippen LogP contribution in [0.4, 0.5) is 5.69 Å². The quantitative estimate of drug-likeness (QED) is 0.622. The van der Waals surface area contributed by atoms with Crippen molar-refractivity contribution in [3.05, 3.63) is 77.6 Å². The van der Waals surface area contributed by atoms with Crippen LogP contribution >= 0.6 is 0 Å². The van der Waals surface area contributed by atoms with Crippen molar-refractivity contribution in [3.63, 3.8) is 0 Å². The molecule has 0 fully saturated rings. The van der Waals surface area contributed by atoms with Gasteiger partial charge in [0, 0.05) is 17.0 Å². The van der Waals surface area contributed by atoms with Crippen LogP contribution in [0.5, 0.6) is 11.5 Å². The number of aryl methyl sites for hydroxylation is 2. The second-order valence-electron chi connectivity index (χ2n) is 6.87. The number of amides is 2. The van der Waals surface area contributed by atoms with E-state index in [1.165, 1.54) is 0 Å². The number of aromatic nitrogens is 1. The molecular weight excluding hydrogens is 382 g/mol. The van der Waals surface area contributed by atoms with Gasteiger partial charge in [-0.3, -0.25) is 19.7 Å². The summed E-state index contributed by atoms with van der Waals surface area (Å²) in [7, 11) is 1.54. The normalized spacial score (nSPS) is 11.5. The Hall–Kier alpha value is -3.74. The molecule has 3 aromatic rings. The first kappa shape index (κ1) is 21.0. The third kappa shape index (κ3) is 4.81. The van der Waals surface area contributed by atoms with Crippen molar-refractivity contribution in [2.24, 2.45) is 0 Å². The molecule has 156 valence electrons. The molecule has 30 heavy (non-hydrogen) atoms. The van der Waals surface area contributed by atoms with E-state index in [9.17, 15) is 9.59 Å². The maximum Gasteiger partial charge on any atom is 0.270 e. The van der Waals surface area contributed by atoms with Gasteiger partial charge in [0.25, 0.3) is 11.8 Å². The minimum Gasteiger partial charge on any atom is -0.495 e. The summed E-state index contributed by atoms with van der Waals surface area (Å²) in [6.45, 7) is 5.49. The average Bonchev–Trinajstić information content (AvgIpc) is 3.06. The van der Waals surface area contributed by atoms with Crippen molar-refractivity contribution >= 4 is 17.5 Å². The van der Waals surface area contributed by atoms with Gasteiger partial charge in [0.15, 0.2) is 6.10 Å². The highest BCUT2D eigenvalue weighted by Gasteiger charge is 2.17. The number of benzene rings is 2. The number of rotatable bonds is 7. The number of anilines is 1. The van der Waals surface area contributed by atoms with Crippen molar-refractivity contribution in [2.45, 2.75) is 26.9 Å². The van der Waals surface area contributed by atoms with E-state index in [4.69, 9.17) is 9.47 Å². The molecule has 1 atom stereocenters. The Kier molecular flexibility index (Phi) is 6.41. The predicted octanol–water partition coefficient (Wildman–Crippen LogP) is 3.90. The summed E-state index contributed by atoms with van der Waals surface area (Å²) in [4.78, 5) is 24.9. The molecule has 2 N–H and O–H groups in total. The molecule has 0 aliphatic heterocycles. The lowest BCUT2D eigenvalue weighted by Crippen LogP contribution is -2.30. The fraction of sp³-hybridized carbons (Fsp3) is 0.217. The number of methoxy groups -OCH3 is 1. The van der Waals surface area contributed by atoms with Crippen molar-refractivity contribution in [1.82, 2.24) is 4.68 Å². The zero-order chi connectivity index (χ0) is 21.7. The van der Waals surface area contributed by atoms with Crippen molar-refractivity contribution in [1.29, 1.82) is 0 Å². The molecule has 7 heteroatoms. The Bertz CT molecular complexity index is 1020. The highest BCUT2D eigenvalue weighted by molar-refractivity contribution is 6.00. The molecule has 0 aliphatic carbocycles. The third-order valence-electron chi connectivity index (χ3n) is 4.65. The summed E-state index contributed by atoms with van der Waals surface area (Å²) in [5, 5.41) is 2.79. The molecule has 0 unspecified atom stereocenters. The smallest absolute Gasteiger partial charge is 0.270 e. The van der Waals surface area contributed by atoms with E-state index in [0.29, 0.717) is 22.7 Å². The topological polar surface area (TPSA) is 81.6 Å². The van der Waals surface area contributed by atoms with Gasteiger partial charge in [-0.2, -0.15) is 0 Å². The zero-order valence-corrected chi connectivity index (χ0v) is 17.4. The summed E-state index contributed by atoms with van der Waals surface area (Å²) < 4.78 is 12.7. The molecule has 0 saturated heterocycles. The number of nitrogens with zero attached hydrogens (tertiary/aromatic N) is 1. The van der Waals surface area contributed by atoms with Crippen LogP contribution in [0.2, 0.25) is 0 Å². The predicted molar refractivity (Wildman–Crippen MR) is 116 cm³/mol. The van der Waals surface area contributed by atoms with Gasteiger partial charge in [-0.25, -0.2) is 0 Å². The maximum atomic E-state index is 12.5. The summed E-state index contributed by atoms with van der Waals surface area (Å²) in [6, 6.07) is 17.7. The molecule has 0 aliphatic rings. The highest BCUT2D eigenvalue weighted by Crippen LogP contribution is 2.23. The van der Waals surface area contributed by atoms with E-state index in [1.54, 1.807) is 55.1 Å². The number of hydrogen-bond donors (Lipinski definition) is 2. The molecule has 7 nitrogen and oxygen atoms in total. The van der Waals surface area contributed by atoms with Crippen molar-refractivity contribution in [2.75, 3.05) is 17.9 Å². The van der Waals surface area contributed by atoms with Gasteiger partial charge < -0.3 is 14.8 Å². The van der Waals surface area contributed by atoms with Gasteiger partial charge in [-0.15, -0.1) is 0 Å². The molecule has 2 aromatic carbocycles. The van der Waals surface area contributed by atoms with Crippen molar-refractivity contribution < 1.29 is 19.1 Å². The van der Waals surface area contributed by atoms with E-state index >= 15 is 0 Å². The monoisotopic (exact) mass is 407 g/mol. The van der Waals surface area contributed by atoms with Gasteiger partial charge in [0.1, 0.15) is 11.5 Å². The van der Waals surface area contributed by atoms with Gasteiger partial charge in [0.2, 0.25) is 0 Å². The highest BCUT2D eigenvalue weighted by atomic mass is 16.5. The average molecular weight is 407 g/mol. The first-order valence-electron chi connectivity index (χ1n) is 9.56. The van der Waals surface area contributed by atoms with Gasteiger partial charge >= 0.3 is 0 Å². The van der Waals surface area contributed by atoms with Crippen molar-refractivity contribution in [3.8, 4) is 11.5 Å². The number of para-hydroxylation sites is 2. The SMILES string of the molecule is COc1ccccc1NC(=O)[C@H](C)Oc1ccc(C(=O)Nn2c(C)ccc2C)cc1. The van der Waals surface area contributed by atoms with E-state index in [0.717, 1.165) is 11.4 Å². The molecule has 1 heterocycles. The molecule has 0 spiro atoms. The molecule has 0 saturated carbocycles. The molecule has 1 aromatic heterocycles. The van der Waals surface area contributed by atoms with Gasteiger partial charge in [0.05, 0.1) is 12.8 Å². The summed E-state index contributed by atoms with van der Waals surface area (Å²) >= 11 is 0. The summed E-state index contributed by atoms with van der Waals surface area (Å²) in [5.41, 5.74) is 5.79. The Morgan fingerprint density at radius 3 is 2.20 bits per heavy atom. The Morgan fingerprint density at radius 2 is 1.57 bits per heavy atom. The number of nitrogens with one attached hydrogen (secondary N) is 2. The zero-order valence-electron chi connectivity index (χ0n) is 17.4. The van der Waals surface area contributed by atoms with Crippen LogP contribution < -0.4 is 20.2 Å². The first-order valence-corrected chi connectivity index (χ1v) is 9.56. The Labute approximate surface area is 175 Å². The van der Waals surface area contributed by atoms with E-state index in [1.807, 2.05) is 38.1 Å². The Morgan fingerprint density at radius 1 is 0.933 bits per heavy atom. The number of hydrogen-bond acceptors (Lipinski definition) is 4. The van der Waals surface area contributed by atoms with Crippen LogP contribution in [0.25, 0.3) is 0 Å². The minimum atomic E-state index is -0.736. The Balaban J connectivity index is 1.60. The van der Waals surface area contributed by atoms with Crippen LogP contribution in [0, 0.1) is 13.8 Å². The van der Waals surface area contributed by atoms with Crippen LogP contribution in [-0.2, 0) is 4.79 Å². The second kappa shape index (κ2) is 9.17. The van der Waals surface area contributed by atoms with Crippen LogP contribution in [0.1, 0.15) is 28.7 Å². The van der Waals surface area contributed by atoms with Gasteiger partial charge in [-0.1, -0.05) is 12.1 Å². The lowest BCUT2D eigenvalue weighted by atomic mass is 10.2. The number of carbonyl (C=O) groups excluding carboxylic acids is 2. The third-order valence-corrected chi connectivity index (χ3v) is 4.65. The number of ether oxygens (including phenoxy) is 2. The maximum absolute atomic E-state index is 12.5. The van der Waals surface area contributed by atoms with Gasteiger partial charge in [-0.05, 0) is 69.3 Å². The fourth-order valence-electron chi connectivity index (χ4n) is 2.94. The molecule has 3 rings (SSSR count). The molecule has 0 radical (unpaired) electrons. The summed E-state index contributed by atoms with van der Waals surface area (Å²) in [6.07, 6.45) is -0.736. The lowest BCUT2D eigenvalue weighted by Gasteiger charge is -2.16. The van der Waals surface area contributed by atoms with Crippen LogP contribution in [-0.4, -0.2) is 29.7 Å². The molecule has 2 amide bonds. The second-order valence-corrected chi connectivity index (χ2v) is 6.87. The minimum absolute atomic E-state index is 0.231. The van der Waals surface area contributed by atoms with E-state index in [2.05, 4.69) is 10.7 Å². The largest absolute Gasteiger partial charge is 0.495 e. The molecular formula is C23H25N3O4. The first-order chi connectivity index (χ1) is 14.4.